The molecule has 2 aromatic carbocycles. The number of sulfonamides is 1. The molecule has 29 heavy (non-hydrogen) atoms. The average Bonchev–Trinajstić information content (AvgIpc) is 3.43. The summed E-state index contributed by atoms with van der Waals surface area (Å²) in [6.07, 6.45) is 3.84. The van der Waals surface area contributed by atoms with E-state index in [1.807, 2.05) is 54.6 Å². The smallest absolute Gasteiger partial charge is 0.243 e. The highest BCUT2D eigenvalue weighted by atomic mass is 32.2. The van der Waals surface area contributed by atoms with Gasteiger partial charge in [0, 0.05) is 19.6 Å². The minimum atomic E-state index is -3.61. The topological polar surface area (TPSA) is 76.5 Å². The molecule has 152 valence electrons. The molecule has 0 spiro atoms. The van der Waals surface area contributed by atoms with Gasteiger partial charge < -0.3 is 9.64 Å². The fourth-order valence-corrected chi connectivity index (χ4v) is 4.63. The third kappa shape index (κ3) is 4.28. The van der Waals surface area contributed by atoms with Crippen LogP contribution in [0.5, 0.6) is 5.75 Å². The van der Waals surface area contributed by atoms with E-state index in [9.17, 15) is 8.42 Å². The van der Waals surface area contributed by atoms with Gasteiger partial charge in [0.05, 0.1) is 30.9 Å². The monoisotopic (exact) mass is 412 g/mol. The van der Waals surface area contributed by atoms with Gasteiger partial charge in [0.2, 0.25) is 10.0 Å². The highest BCUT2D eigenvalue weighted by molar-refractivity contribution is 7.89. The molecule has 1 unspecified atom stereocenters. The van der Waals surface area contributed by atoms with Crippen LogP contribution in [0.1, 0.15) is 6.42 Å². The quantitative estimate of drug-likeness (QED) is 0.646. The Balaban J connectivity index is 1.38. The Labute approximate surface area is 171 Å². The van der Waals surface area contributed by atoms with Crippen LogP contribution in [-0.2, 0) is 10.0 Å². The molecule has 1 N–H and O–H groups in total. The summed E-state index contributed by atoms with van der Waals surface area (Å²) in [4.78, 5) is 2.41. The van der Waals surface area contributed by atoms with Crippen molar-refractivity contribution in [3.8, 4) is 11.4 Å². The number of methoxy groups -OCH3 is 1. The van der Waals surface area contributed by atoms with Crippen molar-refractivity contribution < 1.29 is 13.2 Å². The second kappa shape index (κ2) is 8.26. The third-order valence-electron chi connectivity index (χ3n) is 5.16. The van der Waals surface area contributed by atoms with Crippen LogP contribution in [0.4, 0.5) is 5.69 Å². The van der Waals surface area contributed by atoms with Crippen molar-refractivity contribution in [3.05, 3.63) is 67.0 Å². The maximum atomic E-state index is 12.7. The van der Waals surface area contributed by atoms with Crippen molar-refractivity contribution in [2.45, 2.75) is 11.3 Å². The largest absolute Gasteiger partial charge is 0.495 e. The minimum Gasteiger partial charge on any atom is -0.495 e. The first-order chi connectivity index (χ1) is 14.1. The predicted octanol–water partition coefficient (Wildman–Crippen LogP) is 2.69. The molecule has 1 aliphatic rings. The molecule has 2 heterocycles. The first-order valence-corrected chi connectivity index (χ1v) is 11.0. The Morgan fingerprint density at radius 2 is 1.90 bits per heavy atom. The number of aromatic nitrogens is 2. The average molecular weight is 413 g/mol. The van der Waals surface area contributed by atoms with Gasteiger partial charge in [-0.1, -0.05) is 30.3 Å². The maximum absolute atomic E-state index is 12.7. The summed E-state index contributed by atoms with van der Waals surface area (Å²) < 4.78 is 35.1. The third-order valence-corrected chi connectivity index (χ3v) is 6.54. The lowest BCUT2D eigenvalue weighted by Crippen LogP contribution is -2.31. The Hall–Kier alpha value is -2.84. The number of para-hydroxylation sites is 3. The van der Waals surface area contributed by atoms with E-state index in [4.69, 9.17) is 4.74 Å². The molecule has 0 saturated carbocycles. The van der Waals surface area contributed by atoms with Crippen molar-refractivity contribution in [2.24, 2.45) is 5.92 Å². The Morgan fingerprint density at radius 3 is 2.69 bits per heavy atom. The lowest BCUT2D eigenvalue weighted by Gasteiger charge is -2.21. The van der Waals surface area contributed by atoms with E-state index in [-0.39, 0.29) is 10.8 Å². The summed E-state index contributed by atoms with van der Waals surface area (Å²) >= 11 is 0. The van der Waals surface area contributed by atoms with Gasteiger partial charge in [-0.25, -0.2) is 17.8 Å². The summed E-state index contributed by atoms with van der Waals surface area (Å²) in [5, 5.41) is 4.18. The highest BCUT2D eigenvalue weighted by Gasteiger charge is 2.26. The van der Waals surface area contributed by atoms with Crippen LogP contribution >= 0.6 is 0 Å². The second-order valence-electron chi connectivity index (χ2n) is 7.08. The van der Waals surface area contributed by atoms with Crippen LogP contribution < -0.4 is 14.4 Å². The number of nitrogens with one attached hydrogen (secondary N) is 1. The molecular weight excluding hydrogens is 388 g/mol. The number of anilines is 1. The number of nitrogens with zero attached hydrogens (tertiary/aromatic N) is 3. The molecular formula is C21H24N4O3S. The SMILES string of the molecule is COc1ccccc1N1CCC(CNS(=O)(=O)c2cnn(-c3ccccc3)c2)C1. The van der Waals surface area contributed by atoms with Crippen molar-refractivity contribution >= 4 is 15.7 Å². The zero-order chi connectivity index (χ0) is 20.3. The zero-order valence-electron chi connectivity index (χ0n) is 16.2. The van der Waals surface area contributed by atoms with Crippen molar-refractivity contribution in [1.29, 1.82) is 0 Å². The van der Waals surface area contributed by atoms with E-state index in [2.05, 4.69) is 14.7 Å². The molecule has 7 nitrogen and oxygen atoms in total. The van der Waals surface area contributed by atoms with Crippen molar-refractivity contribution in [1.82, 2.24) is 14.5 Å². The Bertz CT molecular complexity index is 1070. The van der Waals surface area contributed by atoms with Crippen LogP contribution in [0.3, 0.4) is 0 Å². The summed E-state index contributed by atoms with van der Waals surface area (Å²) in [7, 11) is -1.94. The van der Waals surface area contributed by atoms with Crippen molar-refractivity contribution in [3.63, 3.8) is 0 Å². The molecule has 0 bridgehead atoms. The second-order valence-corrected chi connectivity index (χ2v) is 8.85. The maximum Gasteiger partial charge on any atom is 0.243 e. The standard InChI is InChI=1S/C21H24N4O3S/c1-28-21-10-6-5-9-20(21)24-12-11-17(15-24)13-23-29(26,27)19-14-22-25(16-19)18-7-3-2-4-8-18/h2-10,14,16-17,23H,11-13,15H2,1H3. The molecule has 1 aromatic heterocycles. The van der Waals surface area contributed by atoms with Gasteiger partial charge in [0.15, 0.2) is 0 Å². The van der Waals surface area contributed by atoms with Crippen LogP contribution in [-0.4, -0.2) is 44.9 Å². The van der Waals surface area contributed by atoms with Crippen molar-refractivity contribution in [2.75, 3.05) is 31.6 Å². The summed E-state index contributed by atoms with van der Waals surface area (Å²) in [5.74, 6) is 1.07. The Morgan fingerprint density at radius 1 is 1.14 bits per heavy atom. The van der Waals surface area contributed by atoms with Gasteiger partial charge in [-0.2, -0.15) is 5.10 Å². The lowest BCUT2D eigenvalue weighted by molar-refractivity contribution is 0.414. The first kappa shape index (κ1) is 19.5. The molecule has 3 aromatic rings. The molecule has 1 saturated heterocycles. The summed E-state index contributed by atoms with van der Waals surface area (Å²) in [5.41, 5.74) is 1.86. The molecule has 0 aliphatic carbocycles. The van der Waals surface area contributed by atoms with E-state index in [1.165, 1.54) is 12.4 Å². The predicted molar refractivity (Wildman–Crippen MR) is 112 cm³/mol. The zero-order valence-corrected chi connectivity index (χ0v) is 17.0. The molecule has 1 fully saturated rings. The molecule has 0 amide bonds. The van der Waals surface area contributed by atoms with Gasteiger partial charge in [-0.15, -0.1) is 0 Å². The molecule has 0 radical (unpaired) electrons. The van der Waals surface area contributed by atoms with Gasteiger partial charge in [0.25, 0.3) is 0 Å². The van der Waals surface area contributed by atoms with Gasteiger partial charge in [0.1, 0.15) is 10.6 Å². The lowest BCUT2D eigenvalue weighted by atomic mass is 10.1. The highest BCUT2D eigenvalue weighted by Crippen LogP contribution is 2.31. The normalized spacial score (nSPS) is 16.9. The Kier molecular flexibility index (Phi) is 5.55. The van der Waals surface area contributed by atoms with Crippen LogP contribution in [0, 0.1) is 5.92 Å². The van der Waals surface area contributed by atoms with Crippen LogP contribution in [0.25, 0.3) is 5.69 Å². The fourth-order valence-electron chi connectivity index (χ4n) is 3.59. The number of hydrogen-bond donors (Lipinski definition) is 1. The van der Waals surface area contributed by atoms with E-state index in [0.29, 0.717) is 6.54 Å². The first-order valence-electron chi connectivity index (χ1n) is 9.54. The number of ether oxygens (including phenoxy) is 1. The van der Waals surface area contributed by atoms with Gasteiger partial charge >= 0.3 is 0 Å². The van der Waals surface area contributed by atoms with E-state index < -0.39 is 10.0 Å². The summed E-state index contributed by atoms with van der Waals surface area (Å²) in [6.45, 7) is 2.05. The van der Waals surface area contributed by atoms with Gasteiger partial charge in [-0.05, 0) is 36.6 Å². The van der Waals surface area contributed by atoms with E-state index in [1.54, 1.807) is 11.8 Å². The van der Waals surface area contributed by atoms with Crippen LogP contribution in [0.15, 0.2) is 71.9 Å². The molecule has 8 heteroatoms. The van der Waals surface area contributed by atoms with Gasteiger partial charge in [-0.3, -0.25) is 0 Å². The molecule has 1 aliphatic heterocycles. The molecule has 4 rings (SSSR count). The fraction of sp³-hybridized carbons (Fsp3) is 0.286. The van der Waals surface area contributed by atoms with Crippen LogP contribution in [0.2, 0.25) is 0 Å². The minimum absolute atomic E-state index is 0.168. The number of benzene rings is 2. The molecule has 1 atom stereocenters. The van der Waals surface area contributed by atoms with E-state index in [0.717, 1.165) is 36.6 Å². The number of rotatable bonds is 7. The van der Waals surface area contributed by atoms with E-state index >= 15 is 0 Å². The summed E-state index contributed by atoms with van der Waals surface area (Å²) in [6, 6.07) is 17.3. The number of hydrogen-bond acceptors (Lipinski definition) is 5.